The summed E-state index contributed by atoms with van der Waals surface area (Å²) in [5.41, 5.74) is 6.95. The highest BCUT2D eigenvalue weighted by molar-refractivity contribution is 5.85. The Labute approximate surface area is 144 Å². The highest BCUT2D eigenvalue weighted by atomic mass is 35.5. The maximum absolute atomic E-state index is 11.8. The monoisotopic (exact) mass is 345 g/mol. The van der Waals surface area contributed by atoms with Crippen molar-refractivity contribution in [1.29, 1.82) is 0 Å². The number of fused-ring (bicyclic) bond motifs is 1. The van der Waals surface area contributed by atoms with E-state index in [0.29, 0.717) is 6.54 Å². The minimum absolute atomic E-state index is 0. The number of nitrogens with one attached hydrogen (secondary N) is 1. The van der Waals surface area contributed by atoms with Crippen molar-refractivity contribution in [1.82, 2.24) is 9.88 Å². The van der Waals surface area contributed by atoms with E-state index in [0.717, 1.165) is 13.0 Å². The average Bonchev–Trinajstić information content (AvgIpc) is 2.85. The van der Waals surface area contributed by atoms with Gasteiger partial charge in [-0.1, -0.05) is 25.1 Å². The Morgan fingerprint density at radius 2 is 1.91 bits per heavy atom. The molecule has 0 bridgehead atoms. The molecule has 3 N–H and O–H groups in total. The van der Waals surface area contributed by atoms with Crippen molar-refractivity contribution in [2.24, 2.45) is 11.7 Å². The zero-order valence-corrected chi connectivity index (χ0v) is 14.6. The molecule has 1 amide bonds. The van der Waals surface area contributed by atoms with Gasteiger partial charge in [0.2, 0.25) is 5.91 Å². The van der Waals surface area contributed by atoms with Crippen molar-refractivity contribution in [2.45, 2.75) is 32.9 Å². The van der Waals surface area contributed by atoms with Crippen LogP contribution in [0.5, 0.6) is 0 Å². The Morgan fingerprint density at radius 3 is 2.59 bits per heavy atom. The lowest BCUT2D eigenvalue weighted by Crippen LogP contribution is -2.39. The number of rotatable bonds is 6. The van der Waals surface area contributed by atoms with Gasteiger partial charge in [0, 0.05) is 36.8 Å². The molecule has 0 spiro atoms. The van der Waals surface area contributed by atoms with Crippen molar-refractivity contribution < 1.29 is 4.79 Å². The first-order valence-electron chi connectivity index (χ1n) is 7.17. The van der Waals surface area contributed by atoms with Crippen LogP contribution in [0.2, 0.25) is 0 Å². The predicted octanol–water partition coefficient (Wildman–Crippen LogP) is 2.97. The molecule has 0 aliphatic heterocycles. The van der Waals surface area contributed by atoms with Crippen molar-refractivity contribution in [3.8, 4) is 0 Å². The van der Waals surface area contributed by atoms with Gasteiger partial charge in [-0.05, 0) is 30.9 Å². The van der Waals surface area contributed by atoms with Gasteiger partial charge in [-0.2, -0.15) is 0 Å². The summed E-state index contributed by atoms with van der Waals surface area (Å²) in [5, 5.41) is 4.19. The fourth-order valence-electron chi connectivity index (χ4n) is 2.20. The fourth-order valence-corrected chi connectivity index (χ4v) is 2.20. The Kier molecular flexibility index (Phi) is 9.18. The summed E-state index contributed by atoms with van der Waals surface area (Å²) in [5.74, 6) is -0.0974. The molecule has 0 radical (unpaired) electrons. The van der Waals surface area contributed by atoms with Crippen LogP contribution in [0.1, 0.15) is 20.3 Å². The lowest BCUT2D eigenvalue weighted by Gasteiger charge is -2.15. The van der Waals surface area contributed by atoms with E-state index < -0.39 is 0 Å². The number of hydrogen-bond donors (Lipinski definition) is 2. The molecule has 124 valence electrons. The third-order valence-electron chi connectivity index (χ3n) is 3.76. The van der Waals surface area contributed by atoms with Crippen LogP contribution >= 0.6 is 24.8 Å². The number of benzene rings is 1. The SMILES string of the molecule is CC(N)C(C)C(=O)NCCCn1ccc2ccccc21.Cl.Cl. The predicted molar refractivity (Wildman–Crippen MR) is 96.9 cm³/mol. The third-order valence-corrected chi connectivity index (χ3v) is 3.76. The summed E-state index contributed by atoms with van der Waals surface area (Å²) in [6, 6.07) is 10.3. The van der Waals surface area contributed by atoms with E-state index in [-0.39, 0.29) is 42.7 Å². The molecule has 22 heavy (non-hydrogen) atoms. The number of amides is 1. The maximum atomic E-state index is 11.8. The van der Waals surface area contributed by atoms with E-state index in [9.17, 15) is 4.79 Å². The Bertz CT molecular complexity index is 584. The first kappa shape index (κ1) is 20.8. The number of para-hydroxylation sites is 1. The smallest absolute Gasteiger partial charge is 0.224 e. The van der Waals surface area contributed by atoms with E-state index >= 15 is 0 Å². The lowest BCUT2D eigenvalue weighted by atomic mass is 10.0. The van der Waals surface area contributed by atoms with Crippen LogP contribution in [0.3, 0.4) is 0 Å². The van der Waals surface area contributed by atoms with Crippen molar-refractivity contribution >= 4 is 41.6 Å². The van der Waals surface area contributed by atoms with Gasteiger partial charge in [0.25, 0.3) is 0 Å². The van der Waals surface area contributed by atoms with Crippen LogP contribution in [0.15, 0.2) is 36.5 Å². The maximum Gasteiger partial charge on any atom is 0.224 e. The second-order valence-corrected chi connectivity index (χ2v) is 5.36. The summed E-state index contributed by atoms with van der Waals surface area (Å²) < 4.78 is 2.22. The molecular weight excluding hydrogens is 321 g/mol. The Balaban J connectivity index is 0.00000220. The van der Waals surface area contributed by atoms with Gasteiger partial charge < -0.3 is 15.6 Å². The standard InChI is InChI=1S/C16H23N3O.2ClH/c1-12(13(2)17)16(20)18-9-5-10-19-11-8-14-6-3-4-7-15(14)19;;/h3-4,6-8,11-13H,5,9-10,17H2,1-2H3,(H,18,20);2*1H. The average molecular weight is 346 g/mol. The van der Waals surface area contributed by atoms with Gasteiger partial charge in [0.15, 0.2) is 0 Å². The third kappa shape index (κ3) is 5.20. The molecular formula is C16H25Cl2N3O. The van der Waals surface area contributed by atoms with Gasteiger partial charge in [-0.15, -0.1) is 24.8 Å². The first-order valence-corrected chi connectivity index (χ1v) is 7.17. The van der Waals surface area contributed by atoms with Gasteiger partial charge >= 0.3 is 0 Å². The van der Waals surface area contributed by atoms with E-state index in [1.54, 1.807) is 0 Å². The van der Waals surface area contributed by atoms with E-state index in [1.165, 1.54) is 10.9 Å². The van der Waals surface area contributed by atoms with E-state index in [2.05, 4.69) is 34.3 Å². The molecule has 4 nitrogen and oxygen atoms in total. The lowest BCUT2D eigenvalue weighted by molar-refractivity contribution is -0.124. The van der Waals surface area contributed by atoms with E-state index in [1.807, 2.05) is 26.0 Å². The van der Waals surface area contributed by atoms with Crippen LogP contribution in [-0.2, 0) is 11.3 Å². The molecule has 2 unspecified atom stereocenters. The number of nitrogens with zero attached hydrogens (tertiary/aromatic N) is 1. The summed E-state index contributed by atoms with van der Waals surface area (Å²) in [6.07, 6.45) is 3.01. The van der Waals surface area contributed by atoms with Crippen molar-refractivity contribution in [2.75, 3.05) is 6.54 Å². The molecule has 1 heterocycles. The number of nitrogens with two attached hydrogens (primary N) is 1. The minimum atomic E-state index is -0.137. The molecule has 0 fully saturated rings. The number of hydrogen-bond acceptors (Lipinski definition) is 2. The van der Waals surface area contributed by atoms with Crippen LogP contribution in [0, 0.1) is 5.92 Å². The summed E-state index contributed by atoms with van der Waals surface area (Å²) in [6.45, 7) is 5.30. The first-order chi connectivity index (χ1) is 9.59. The van der Waals surface area contributed by atoms with Crippen LogP contribution in [0.25, 0.3) is 10.9 Å². The normalized spacial score (nSPS) is 12.9. The Morgan fingerprint density at radius 1 is 1.23 bits per heavy atom. The molecule has 2 aromatic rings. The van der Waals surface area contributed by atoms with Crippen molar-refractivity contribution in [3.63, 3.8) is 0 Å². The molecule has 0 saturated carbocycles. The quantitative estimate of drug-likeness (QED) is 0.790. The minimum Gasteiger partial charge on any atom is -0.356 e. The zero-order valence-electron chi connectivity index (χ0n) is 13.0. The number of aryl methyl sites for hydroxylation is 1. The molecule has 2 atom stereocenters. The zero-order chi connectivity index (χ0) is 14.5. The van der Waals surface area contributed by atoms with E-state index in [4.69, 9.17) is 5.73 Å². The molecule has 1 aromatic heterocycles. The Hall–Kier alpha value is -1.23. The number of carbonyl (C=O) groups excluding carboxylic acids is 1. The summed E-state index contributed by atoms with van der Waals surface area (Å²) in [7, 11) is 0. The topological polar surface area (TPSA) is 60.1 Å². The molecule has 6 heteroatoms. The second-order valence-electron chi connectivity index (χ2n) is 5.36. The van der Waals surface area contributed by atoms with Crippen LogP contribution in [0.4, 0.5) is 0 Å². The number of carbonyl (C=O) groups is 1. The fraction of sp³-hybridized carbons (Fsp3) is 0.438. The molecule has 1 aromatic carbocycles. The van der Waals surface area contributed by atoms with Crippen LogP contribution < -0.4 is 11.1 Å². The number of halogens is 2. The van der Waals surface area contributed by atoms with Gasteiger partial charge in [-0.3, -0.25) is 4.79 Å². The molecule has 0 aliphatic carbocycles. The second kappa shape index (κ2) is 9.72. The van der Waals surface area contributed by atoms with Crippen molar-refractivity contribution in [3.05, 3.63) is 36.5 Å². The highest BCUT2D eigenvalue weighted by Crippen LogP contribution is 2.15. The van der Waals surface area contributed by atoms with Gasteiger partial charge in [-0.25, -0.2) is 0 Å². The summed E-state index contributed by atoms with van der Waals surface area (Å²) >= 11 is 0. The number of aromatic nitrogens is 1. The van der Waals surface area contributed by atoms with Gasteiger partial charge in [0.1, 0.15) is 0 Å². The van der Waals surface area contributed by atoms with Gasteiger partial charge in [0.05, 0.1) is 0 Å². The molecule has 0 aliphatic rings. The molecule has 2 rings (SSSR count). The summed E-state index contributed by atoms with van der Waals surface area (Å²) in [4.78, 5) is 11.8. The van der Waals surface area contributed by atoms with Crippen LogP contribution in [-0.4, -0.2) is 23.1 Å². The largest absolute Gasteiger partial charge is 0.356 e. The highest BCUT2D eigenvalue weighted by Gasteiger charge is 2.15. The molecule has 0 saturated heterocycles.